The van der Waals surface area contributed by atoms with Gasteiger partial charge in [-0.3, -0.25) is 4.79 Å². The highest BCUT2D eigenvalue weighted by atomic mass is 32.1. The van der Waals surface area contributed by atoms with Gasteiger partial charge in [0.2, 0.25) is 5.91 Å². The Morgan fingerprint density at radius 3 is 2.60 bits per heavy atom. The van der Waals surface area contributed by atoms with Crippen molar-refractivity contribution in [2.24, 2.45) is 0 Å². The molecule has 10 heavy (non-hydrogen) atoms. The lowest BCUT2D eigenvalue weighted by Gasteiger charge is -2.03. The van der Waals surface area contributed by atoms with Crippen LogP contribution < -0.4 is 10.6 Å². The number of thiocarbonyl (C=S) groups is 1. The van der Waals surface area contributed by atoms with E-state index in [2.05, 4.69) is 10.6 Å². The summed E-state index contributed by atoms with van der Waals surface area (Å²) in [4.78, 5) is 11.3. The number of carbonyl (C=O) groups excluding carboxylic acids is 1. The average molecular weight is 160 g/mol. The first kappa shape index (κ1) is 9.36. The first-order valence-electron chi connectivity index (χ1n) is 3.18. The van der Waals surface area contributed by atoms with Crippen molar-refractivity contribution in [3.8, 4) is 0 Å². The molecule has 0 bridgehead atoms. The third-order valence-electron chi connectivity index (χ3n) is 1.05. The summed E-state index contributed by atoms with van der Waals surface area (Å²) in [6, 6.07) is 0. The zero-order valence-electron chi connectivity index (χ0n) is 6.23. The maximum absolute atomic E-state index is 10.6. The van der Waals surface area contributed by atoms with Crippen LogP contribution in [0, 0.1) is 0 Å². The van der Waals surface area contributed by atoms with Crippen LogP contribution in [-0.4, -0.2) is 24.5 Å². The largest absolute Gasteiger partial charge is 0.381 e. The van der Waals surface area contributed by atoms with Crippen LogP contribution in [0.25, 0.3) is 0 Å². The van der Waals surface area contributed by atoms with Gasteiger partial charge in [0, 0.05) is 13.5 Å². The van der Waals surface area contributed by atoms with E-state index in [4.69, 9.17) is 12.2 Å². The van der Waals surface area contributed by atoms with Gasteiger partial charge in [0.1, 0.15) is 0 Å². The summed E-state index contributed by atoms with van der Waals surface area (Å²) in [6.45, 7) is 2.25. The van der Waals surface area contributed by atoms with Crippen molar-refractivity contribution in [1.29, 1.82) is 0 Å². The first-order chi connectivity index (χ1) is 4.70. The minimum atomic E-state index is 0.0256. The molecule has 0 radical (unpaired) electrons. The van der Waals surface area contributed by atoms with Gasteiger partial charge in [0.15, 0.2) is 0 Å². The fraction of sp³-hybridized carbons (Fsp3) is 0.667. The summed E-state index contributed by atoms with van der Waals surface area (Å²) in [5.74, 6) is 0.0256. The molecule has 0 aliphatic carbocycles. The number of rotatable bonds is 3. The quantitative estimate of drug-likeness (QED) is 0.574. The Kier molecular flexibility index (Phi) is 4.84. The van der Waals surface area contributed by atoms with Gasteiger partial charge in [0.25, 0.3) is 0 Å². The van der Waals surface area contributed by atoms with E-state index in [-0.39, 0.29) is 5.91 Å². The van der Waals surface area contributed by atoms with Crippen molar-refractivity contribution in [3.63, 3.8) is 0 Å². The number of amides is 1. The Morgan fingerprint density at radius 1 is 1.60 bits per heavy atom. The lowest BCUT2D eigenvalue weighted by atomic mass is 10.4. The molecule has 0 heterocycles. The Balaban J connectivity index is 3.35. The van der Waals surface area contributed by atoms with Crippen molar-refractivity contribution in [3.05, 3.63) is 0 Å². The monoisotopic (exact) mass is 160 g/mol. The molecule has 0 aromatic rings. The standard InChI is InChI=1S/C6H12N2OS/c1-3-5(9)8-4-6(10)7-2/h3-4H2,1-2H3,(H,7,10)(H,8,9). The van der Waals surface area contributed by atoms with Gasteiger partial charge in [-0.15, -0.1) is 0 Å². The molecule has 1 amide bonds. The van der Waals surface area contributed by atoms with Crippen molar-refractivity contribution < 1.29 is 4.79 Å². The van der Waals surface area contributed by atoms with Crippen molar-refractivity contribution in [2.75, 3.05) is 13.6 Å². The number of likely N-dealkylation sites (N-methyl/N-ethyl adjacent to an activating group) is 1. The molecule has 58 valence electrons. The van der Waals surface area contributed by atoms with E-state index in [0.717, 1.165) is 0 Å². The number of hydrogen-bond acceptors (Lipinski definition) is 2. The summed E-state index contributed by atoms with van der Waals surface area (Å²) >= 11 is 4.80. The average Bonchev–Trinajstić information content (AvgIpc) is 1.99. The summed E-state index contributed by atoms with van der Waals surface area (Å²) in [5.41, 5.74) is 0. The number of nitrogens with one attached hydrogen (secondary N) is 2. The maximum atomic E-state index is 10.6. The van der Waals surface area contributed by atoms with Crippen LogP contribution in [0.5, 0.6) is 0 Å². The van der Waals surface area contributed by atoms with E-state index in [0.29, 0.717) is 18.0 Å². The van der Waals surface area contributed by atoms with Crippen molar-refractivity contribution in [1.82, 2.24) is 10.6 Å². The van der Waals surface area contributed by atoms with Crippen LogP contribution in [0.3, 0.4) is 0 Å². The molecule has 2 N–H and O–H groups in total. The van der Waals surface area contributed by atoms with Gasteiger partial charge in [-0.25, -0.2) is 0 Å². The first-order valence-corrected chi connectivity index (χ1v) is 3.58. The van der Waals surface area contributed by atoms with E-state index < -0.39 is 0 Å². The molecule has 0 saturated heterocycles. The molecule has 3 nitrogen and oxygen atoms in total. The van der Waals surface area contributed by atoms with E-state index in [9.17, 15) is 4.79 Å². The van der Waals surface area contributed by atoms with E-state index in [1.165, 1.54) is 0 Å². The van der Waals surface area contributed by atoms with Crippen LogP contribution in [-0.2, 0) is 4.79 Å². The van der Waals surface area contributed by atoms with Gasteiger partial charge in [-0.05, 0) is 0 Å². The second kappa shape index (κ2) is 5.17. The minimum Gasteiger partial charge on any atom is -0.381 e. The van der Waals surface area contributed by atoms with Gasteiger partial charge in [-0.2, -0.15) is 0 Å². The Labute approximate surface area is 66.2 Å². The van der Waals surface area contributed by atoms with Gasteiger partial charge in [0.05, 0.1) is 11.5 Å². The summed E-state index contributed by atoms with van der Waals surface area (Å²) in [5, 5.41) is 5.40. The topological polar surface area (TPSA) is 41.1 Å². The van der Waals surface area contributed by atoms with Gasteiger partial charge in [-0.1, -0.05) is 19.1 Å². The van der Waals surface area contributed by atoms with Crippen LogP contribution in [0.1, 0.15) is 13.3 Å². The highest BCUT2D eigenvalue weighted by molar-refractivity contribution is 7.80. The summed E-state index contributed by atoms with van der Waals surface area (Å²) in [7, 11) is 1.74. The van der Waals surface area contributed by atoms with E-state index in [1.54, 1.807) is 14.0 Å². The molecule has 0 spiro atoms. The normalized spacial score (nSPS) is 8.60. The highest BCUT2D eigenvalue weighted by Gasteiger charge is 1.96. The fourth-order valence-electron chi connectivity index (χ4n) is 0.392. The molecular formula is C6H12N2OS. The molecule has 0 aliphatic rings. The van der Waals surface area contributed by atoms with E-state index in [1.807, 2.05) is 0 Å². The van der Waals surface area contributed by atoms with E-state index >= 15 is 0 Å². The van der Waals surface area contributed by atoms with Crippen LogP contribution >= 0.6 is 12.2 Å². The molecule has 4 heteroatoms. The molecule has 0 aliphatic heterocycles. The van der Waals surface area contributed by atoms with Crippen LogP contribution in [0.15, 0.2) is 0 Å². The molecule has 0 saturated carbocycles. The molecule has 0 aromatic heterocycles. The minimum absolute atomic E-state index is 0.0256. The molecule has 0 fully saturated rings. The SMILES string of the molecule is CCC(=O)NCC(=S)NC. The molecule has 0 atom stereocenters. The zero-order chi connectivity index (χ0) is 7.98. The summed E-state index contributed by atoms with van der Waals surface area (Å²) in [6.07, 6.45) is 0.506. The number of carbonyl (C=O) groups is 1. The van der Waals surface area contributed by atoms with Gasteiger partial charge >= 0.3 is 0 Å². The highest BCUT2D eigenvalue weighted by Crippen LogP contribution is 1.74. The molecular weight excluding hydrogens is 148 g/mol. The molecule has 0 aromatic carbocycles. The lowest BCUT2D eigenvalue weighted by molar-refractivity contribution is -0.120. The molecule has 0 unspecified atom stereocenters. The third-order valence-corrected chi connectivity index (χ3v) is 1.39. The smallest absolute Gasteiger partial charge is 0.220 e. The van der Waals surface area contributed by atoms with Crippen molar-refractivity contribution in [2.45, 2.75) is 13.3 Å². The van der Waals surface area contributed by atoms with Crippen LogP contribution in [0.2, 0.25) is 0 Å². The third kappa shape index (κ3) is 4.26. The molecule has 0 rings (SSSR count). The zero-order valence-corrected chi connectivity index (χ0v) is 7.05. The second-order valence-electron chi connectivity index (χ2n) is 1.80. The van der Waals surface area contributed by atoms with Gasteiger partial charge < -0.3 is 10.6 Å². The lowest BCUT2D eigenvalue weighted by Crippen LogP contribution is -2.33. The predicted molar refractivity (Wildman–Crippen MR) is 45.0 cm³/mol. The Hall–Kier alpha value is -0.640. The Bertz CT molecular complexity index is 120. The van der Waals surface area contributed by atoms with Crippen molar-refractivity contribution >= 4 is 23.1 Å². The predicted octanol–water partition coefficient (Wildman–Crippen LogP) is 0.0594. The Morgan fingerprint density at radius 2 is 2.20 bits per heavy atom. The second-order valence-corrected chi connectivity index (χ2v) is 2.30. The maximum Gasteiger partial charge on any atom is 0.220 e. The summed E-state index contributed by atoms with van der Waals surface area (Å²) < 4.78 is 0. The van der Waals surface area contributed by atoms with Crippen LogP contribution in [0.4, 0.5) is 0 Å². The fourth-order valence-corrected chi connectivity index (χ4v) is 0.464. The number of hydrogen-bond donors (Lipinski definition) is 2.